The molecule has 3 aromatic rings. The highest BCUT2D eigenvalue weighted by Crippen LogP contribution is 2.39. The van der Waals surface area contributed by atoms with Gasteiger partial charge >= 0.3 is 0 Å². The SMILES string of the molecule is COc1ncccc1-c1ccn2cc(C3CC3)nc2c1. The Bertz CT molecular complexity index is 774. The number of imidazole rings is 1. The van der Waals surface area contributed by atoms with Gasteiger partial charge in [0, 0.05) is 30.1 Å². The molecule has 0 aromatic carbocycles. The van der Waals surface area contributed by atoms with Gasteiger partial charge in [-0.3, -0.25) is 0 Å². The van der Waals surface area contributed by atoms with Crippen LogP contribution < -0.4 is 4.74 Å². The minimum Gasteiger partial charge on any atom is -0.481 e. The van der Waals surface area contributed by atoms with Gasteiger partial charge in [0.05, 0.1) is 12.8 Å². The maximum atomic E-state index is 5.33. The van der Waals surface area contributed by atoms with Gasteiger partial charge in [0.1, 0.15) is 5.65 Å². The van der Waals surface area contributed by atoms with E-state index in [2.05, 4.69) is 33.9 Å². The van der Waals surface area contributed by atoms with Crippen molar-refractivity contribution in [3.8, 4) is 17.0 Å². The molecule has 0 unspecified atom stereocenters. The van der Waals surface area contributed by atoms with Crippen molar-refractivity contribution in [2.45, 2.75) is 18.8 Å². The molecule has 0 spiro atoms. The van der Waals surface area contributed by atoms with Gasteiger partial charge in [-0.25, -0.2) is 9.97 Å². The minimum atomic E-state index is 0.644. The molecule has 0 saturated heterocycles. The Morgan fingerprint density at radius 3 is 3.00 bits per heavy atom. The van der Waals surface area contributed by atoms with Gasteiger partial charge in [-0.2, -0.15) is 0 Å². The predicted octanol–water partition coefficient (Wildman–Crippen LogP) is 3.28. The lowest BCUT2D eigenvalue weighted by Crippen LogP contribution is -1.91. The monoisotopic (exact) mass is 265 g/mol. The summed E-state index contributed by atoms with van der Waals surface area (Å²) in [6.45, 7) is 0. The van der Waals surface area contributed by atoms with E-state index in [1.165, 1.54) is 18.5 Å². The smallest absolute Gasteiger partial charge is 0.221 e. The third kappa shape index (κ3) is 1.84. The molecular formula is C16H15N3O. The van der Waals surface area contributed by atoms with Crippen LogP contribution in [0, 0.1) is 0 Å². The largest absolute Gasteiger partial charge is 0.481 e. The zero-order chi connectivity index (χ0) is 13.5. The lowest BCUT2D eigenvalue weighted by molar-refractivity contribution is 0.399. The lowest BCUT2D eigenvalue weighted by atomic mass is 10.1. The first-order chi connectivity index (χ1) is 9.85. The number of ether oxygens (including phenoxy) is 1. The summed E-state index contributed by atoms with van der Waals surface area (Å²) < 4.78 is 7.41. The number of hydrogen-bond donors (Lipinski definition) is 0. The predicted molar refractivity (Wildman–Crippen MR) is 77.0 cm³/mol. The van der Waals surface area contributed by atoms with Crippen LogP contribution in [0.4, 0.5) is 0 Å². The zero-order valence-corrected chi connectivity index (χ0v) is 11.3. The maximum Gasteiger partial charge on any atom is 0.221 e. The quantitative estimate of drug-likeness (QED) is 0.729. The van der Waals surface area contributed by atoms with E-state index in [9.17, 15) is 0 Å². The summed E-state index contributed by atoms with van der Waals surface area (Å²) in [7, 11) is 1.64. The maximum absolute atomic E-state index is 5.33. The van der Waals surface area contributed by atoms with Crippen LogP contribution in [-0.4, -0.2) is 21.5 Å². The summed E-state index contributed by atoms with van der Waals surface area (Å²) in [4.78, 5) is 8.97. The number of hydrogen-bond acceptors (Lipinski definition) is 3. The summed E-state index contributed by atoms with van der Waals surface area (Å²) >= 11 is 0. The molecule has 1 aliphatic rings. The topological polar surface area (TPSA) is 39.4 Å². The van der Waals surface area contributed by atoms with Crippen molar-refractivity contribution in [1.82, 2.24) is 14.4 Å². The average Bonchev–Trinajstić information content (AvgIpc) is 3.26. The van der Waals surface area contributed by atoms with Crippen molar-refractivity contribution in [3.05, 3.63) is 48.5 Å². The van der Waals surface area contributed by atoms with Gasteiger partial charge in [0.25, 0.3) is 0 Å². The van der Waals surface area contributed by atoms with Crippen LogP contribution in [0.25, 0.3) is 16.8 Å². The minimum absolute atomic E-state index is 0.644. The molecule has 100 valence electrons. The molecule has 3 aromatic heterocycles. The third-order valence-corrected chi connectivity index (χ3v) is 3.75. The highest BCUT2D eigenvalue weighted by Gasteiger charge is 2.26. The molecule has 0 N–H and O–H groups in total. The van der Waals surface area contributed by atoms with Crippen LogP contribution in [0.15, 0.2) is 42.9 Å². The summed E-state index contributed by atoms with van der Waals surface area (Å²) in [5, 5.41) is 0. The fraction of sp³-hybridized carbons (Fsp3) is 0.250. The fourth-order valence-electron chi connectivity index (χ4n) is 2.52. The molecule has 20 heavy (non-hydrogen) atoms. The molecular weight excluding hydrogens is 250 g/mol. The van der Waals surface area contributed by atoms with Gasteiger partial charge < -0.3 is 9.14 Å². The molecule has 0 amide bonds. The highest BCUT2D eigenvalue weighted by atomic mass is 16.5. The van der Waals surface area contributed by atoms with Crippen molar-refractivity contribution in [3.63, 3.8) is 0 Å². The van der Waals surface area contributed by atoms with E-state index < -0.39 is 0 Å². The van der Waals surface area contributed by atoms with Crippen LogP contribution in [0.1, 0.15) is 24.5 Å². The van der Waals surface area contributed by atoms with Crippen LogP contribution >= 0.6 is 0 Å². The van der Waals surface area contributed by atoms with Crippen LogP contribution in [-0.2, 0) is 0 Å². The van der Waals surface area contributed by atoms with E-state index in [0.29, 0.717) is 11.8 Å². The van der Waals surface area contributed by atoms with E-state index in [0.717, 1.165) is 16.8 Å². The fourth-order valence-corrected chi connectivity index (χ4v) is 2.52. The molecule has 4 heteroatoms. The average molecular weight is 265 g/mol. The normalized spacial score (nSPS) is 14.7. The van der Waals surface area contributed by atoms with Crippen LogP contribution in [0.2, 0.25) is 0 Å². The molecule has 4 nitrogen and oxygen atoms in total. The molecule has 0 aliphatic heterocycles. The lowest BCUT2D eigenvalue weighted by Gasteiger charge is -2.07. The van der Waals surface area contributed by atoms with E-state index in [1.807, 2.05) is 12.1 Å². The first kappa shape index (κ1) is 11.5. The second-order valence-corrected chi connectivity index (χ2v) is 5.18. The van der Waals surface area contributed by atoms with Gasteiger partial charge in [-0.05, 0) is 42.7 Å². The molecule has 1 aliphatic carbocycles. The number of nitrogens with zero attached hydrogens (tertiary/aromatic N) is 3. The van der Waals surface area contributed by atoms with Crippen LogP contribution in [0.3, 0.4) is 0 Å². The summed E-state index contributed by atoms with van der Waals surface area (Å²) in [6.07, 6.45) is 8.47. The third-order valence-electron chi connectivity index (χ3n) is 3.75. The van der Waals surface area contributed by atoms with Crippen molar-refractivity contribution in [1.29, 1.82) is 0 Å². The van der Waals surface area contributed by atoms with E-state index >= 15 is 0 Å². The molecule has 4 rings (SSSR count). The molecule has 3 heterocycles. The summed E-state index contributed by atoms with van der Waals surface area (Å²) in [5.74, 6) is 1.32. The molecule has 1 saturated carbocycles. The first-order valence-corrected chi connectivity index (χ1v) is 6.83. The zero-order valence-electron chi connectivity index (χ0n) is 11.3. The van der Waals surface area contributed by atoms with E-state index in [1.54, 1.807) is 13.3 Å². The number of fused-ring (bicyclic) bond motifs is 1. The molecule has 0 radical (unpaired) electrons. The van der Waals surface area contributed by atoms with Gasteiger partial charge in [0.15, 0.2) is 0 Å². The van der Waals surface area contributed by atoms with E-state index in [4.69, 9.17) is 9.72 Å². The number of pyridine rings is 2. The Morgan fingerprint density at radius 1 is 1.30 bits per heavy atom. The number of aromatic nitrogens is 3. The number of rotatable bonds is 3. The summed E-state index contributed by atoms with van der Waals surface area (Å²) in [6, 6.07) is 8.10. The molecule has 0 bridgehead atoms. The van der Waals surface area contributed by atoms with E-state index in [-0.39, 0.29) is 0 Å². The Labute approximate surface area is 117 Å². The summed E-state index contributed by atoms with van der Waals surface area (Å²) in [5.41, 5.74) is 4.26. The van der Waals surface area contributed by atoms with Gasteiger partial charge in [-0.1, -0.05) is 0 Å². The van der Waals surface area contributed by atoms with Gasteiger partial charge in [0.2, 0.25) is 5.88 Å². The van der Waals surface area contributed by atoms with Crippen molar-refractivity contribution >= 4 is 5.65 Å². The molecule has 1 fully saturated rings. The Kier molecular flexibility index (Phi) is 2.49. The van der Waals surface area contributed by atoms with Gasteiger partial charge in [-0.15, -0.1) is 0 Å². The van der Waals surface area contributed by atoms with Crippen molar-refractivity contribution < 1.29 is 4.74 Å². The Morgan fingerprint density at radius 2 is 2.20 bits per heavy atom. The standard InChI is InChI=1S/C16H15N3O/c1-20-16-13(3-2-7-17-16)12-6-8-19-10-14(11-4-5-11)18-15(19)9-12/h2-3,6-11H,4-5H2,1H3. The molecule has 0 atom stereocenters. The Hall–Kier alpha value is -2.36. The Balaban J connectivity index is 1.83. The second-order valence-electron chi connectivity index (χ2n) is 5.18. The highest BCUT2D eigenvalue weighted by molar-refractivity contribution is 5.71. The van der Waals surface area contributed by atoms with Crippen molar-refractivity contribution in [2.24, 2.45) is 0 Å². The number of methoxy groups -OCH3 is 1. The second kappa shape index (κ2) is 4.34. The van der Waals surface area contributed by atoms with Crippen LogP contribution in [0.5, 0.6) is 5.88 Å². The van der Waals surface area contributed by atoms with Crippen molar-refractivity contribution in [2.75, 3.05) is 7.11 Å². The first-order valence-electron chi connectivity index (χ1n) is 6.83.